The van der Waals surface area contributed by atoms with Crippen LogP contribution in [-0.2, 0) is 6.42 Å². The minimum Gasteiger partial charge on any atom is -0.456 e. The average molecular weight is 817 g/mol. The Morgan fingerprint density at radius 1 is 0.391 bits per heavy atom. The number of para-hydroxylation sites is 5. The number of hydrogen-bond donors (Lipinski definition) is 1. The predicted molar refractivity (Wildman–Crippen MR) is 268 cm³/mol. The second kappa shape index (κ2) is 14.6. The van der Waals surface area contributed by atoms with Crippen molar-refractivity contribution >= 4 is 60.8 Å². The first-order chi connectivity index (χ1) is 31.8. The van der Waals surface area contributed by atoms with E-state index in [1.54, 1.807) is 0 Å². The molecule has 1 aliphatic rings. The van der Waals surface area contributed by atoms with Gasteiger partial charge in [0.2, 0.25) is 0 Å². The number of aromatic nitrogens is 1. The van der Waals surface area contributed by atoms with Crippen LogP contribution in [0.5, 0.6) is 0 Å². The van der Waals surface area contributed by atoms with Gasteiger partial charge in [0.1, 0.15) is 11.2 Å². The molecule has 0 radical (unpaired) electrons. The Morgan fingerprint density at radius 3 is 1.75 bits per heavy atom. The lowest BCUT2D eigenvalue weighted by molar-refractivity contribution is 0.669. The summed E-state index contributed by atoms with van der Waals surface area (Å²) >= 11 is 0. The lowest BCUT2D eigenvalue weighted by Crippen LogP contribution is -2.16. The third kappa shape index (κ3) is 5.61. The summed E-state index contributed by atoms with van der Waals surface area (Å²) in [5.41, 5.74) is 21.8. The molecule has 12 aromatic rings. The maximum absolute atomic E-state index is 6.55. The molecule has 10 aromatic carbocycles. The largest absolute Gasteiger partial charge is 0.456 e. The van der Waals surface area contributed by atoms with Gasteiger partial charge in [-0.05, 0) is 80.9 Å². The van der Waals surface area contributed by atoms with E-state index in [-0.39, 0.29) is 0 Å². The molecular weight excluding hydrogens is 777 g/mol. The summed E-state index contributed by atoms with van der Waals surface area (Å²) in [5.74, 6) is 0. The van der Waals surface area contributed by atoms with Crippen LogP contribution in [0.2, 0.25) is 0 Å². The molecule has 300 valence electrons. The second-order valence-electron chi connectivity index (χ2n) is 16.8. The molecule has 0 saturated heterocycles. The van der Waals surface area contributed by atoms with Crippen molar-refractivity contribution in [1.29, 1.82) is 0 Å². The quantitative estimate of drug-likeness (QED) is 0.174. The van der Waals surface area contributed by atoms with Crippen LogP contribution >= 0.6 is 0 Å². The van der Waals surface area contributed by atoms with Crippen molar-refractivity contribution < 1.29 is 4.42 Å². The van der Waals surface area contributed by atoms with E-state index < -0.39 is 0 Å². The normalized spacial score (nSPS) is 12.0. The molecule has 0 spiro atoms. The van der Waals surface area contributed by atoms with Crippen molar-refractivity contribution in [2.45, 2.75) is 6.42 Å². The lowest BCUT2D eigenvalue weighted by Gasteiger charge is -2.34. The molecule has 0 saturated carbocycles. The summed E-state index contributed by atoms with van der Waals surface area (Å²) in [4.78, 5) is 6.46. The Morgan fingerprint density at radius 2 is 0.953 bits per heavy atom. The van der Waals surface area contributed by atoms with Gasteiger partial charge in [-0.2, -0.15) is 0 Å². The third-order valence-electron chi connectivity index (χ3n) is 13.3. The molecule has 64 heavy (non-hydrogen) atoms. The van der Waals surface area contributed by atoms with Crippen molar-refractivity contribution in [1.82, 2.24) is 4.98 Å². The van der Waals surface area contributed by atoms with Gasteiger partial charge in [-0.25, -0.2) is 0 Å². The van der Waals surface area contributed by atoms with Gasteiger partial charge in [0, 0.05) is 55.7 Å². The molecule has 0 aliphatic heterocycles. The molecule has 13 rings (SSSR count). The molecule has 0 fully saturated rings. The van der Waals surface area contributed by atoms with Gasteiger partial charge < -0.3 is 14.3 Å². The molecule has 0 bridgehead atoms. The summed E-state index contributed by atoms with van der Waals surface area (Å²) in [7, 11) is 0. The van der Waals surface area contributed by atoms with Gasteiger partial charge in [0.25, 0.3) is 0 Å². The number of benzene rings is 10. The van der Waals surface area contributed by atoms with Crippen molar-refractivity contribution in [3.63, 3.8) is 0 Å². The molecule has 0 unspecified atom stereocenters. The molecule has 3 nitrogen and oxygen atoms in total. The molecule has 2 heterocycles. The molecule has 2 aromatic heterocycles. The van der Waals surface area contributed by atoms with Gasteiger partial charge in [0.15, 0.2) is 0 Å². The van der Waals surface area contributed by atoms with Crippen LogP contribution in [0.25, 0.3) is 99.4 Å². The van der Waals surface area contributed by atoms with Gasteiger partial charge in [0.05, 0.1) is 22.6 Å². The van der Waals surface area contributed by atoms with Crippen molar-refractivity contribution in [2.75, 3.05) is 4.90 Å². The number of hydrogen-bond acceptors (Lipinski definition) is 2. The van der Waals surface area contributed by atoms with Gasteiger partial charge in [-0.1, -0.05) is 188 Å². The predicted octanol–water partition coefficient (Wildman–Crippen LogP) is 16.9. The molecule has 0 amide bonds. The van der Waals surface area contributed by atoms with Crippen LogP contribution < -0.4 is 4.90 Å². The molecule has 1 aliphatic carbocycles. The summed E-state index contributed by atoms with van der Waals surface area (Å²) in [6.45, 7) is 0. The number of anilines is 3. The standard InChI is InChI=1S/C61H40N2O/c1-3-19-39(20-4-1)50-38-51-42-24-8-7-23-41(42)37-52(51)61(58(50)40-21-5-2-6-22-40)63(54-33-14-10-26-44(54)46-29-18-36-57-59(46)49-28-12-16-35-56(49)64-57)55-34-15-11-27-45(55)48-31-17-30-47-43-25-9-13-32-53(43)62-60(47)48/h1-36,38,62H,37H2. The van der Waals surface area contributed by atoms with Crippen LogP contribution in [0.4, 0.5) is 17.1 Å². The Bertz CT molecular complexity index is 3760. The number of fused-ring (bicyclic) bond motifs is 9. The van der Waals surface area contributed by atoms with E-state index in [9.17, 15) is 0 Å². The zero-order valence-electron chi connectivity index (χ0n) is 34.9. The smallest absolute Gasteiger partial charge is 0.136 e. The minimum atomic E-state index is 0.802. The summed E-state index contributed by atoms with van der Waals surface area (Å²) in [5, 5.41) is 4.64. The summed E-state index contributed by atoms with van der Waals surface area (Å²) in [6.07, 6.45) is 0.802. The van der Waals surface area contributed by atoms with E-state index in [0.717, 1.165) is 78.6 Å². The Labute approximate surface area is 371 Å². The third-order valence-corrected chi connectivity index (χ3v) is 13.3. The summed E-state index contributed by atoms with van der Waals surface area (Å²) in [6, 6.07) is 81.6. The van der Waals surface area contributed by atoms with Crippen LogP contribution in [0, 0.1) is 0 Å². The second-order valence-corrected chi connectivity index (χ2v) is 16.8. The van der Waals surface area contributed by atoms with Crippen molar-refractivity contribution in [2.24, 2.45) is 0 Å². The first kappa shape index (κ1) is 36.3. The maximum Gasteiger partial charge on any atom is 0.136 e. The number of rotatable bonds is 7. The van der Waals surface area contributed by atoms with E-state index >= 15 is 0 Å². The highest BCUT2D eigenvalue weighted by atomic mass is 16.3. The maximum atomic E-state index is 6.55. The van der Waals surface area contributed by atoms with Gasteiger partial charge in [-0.3, -0.25) is 0 Å². The fraction of sp³-hybridized carbons (Fsp3) is 0.0164. The lowest BCUT2D eigenvalue weighted by atomic mass is 9.86. The summed E-state index contributed by atoms with van der Waals surface area (Å²) < 4.78 is 6.55. The van der Waals surface area contributed by atoms with Gasteiger partial charge in [-0.15, -0.1) is 0 Å². The molecule has 1 N–H and O–H groups in total. The van der Waals surface area contributed by atoms with E-state index in [1.807, 2.05) is 6.07 Å². The highest BCUT2D eigenvalue weighted by Gasteiger charge is 2.33. The van der Waals surface area contributed by atoms with Crippen LogP contribution in [0.3, 0.4) is 0 Å². The minimum absolute atomic E-state index is 0.802. The zero-order valence-corrected chi connectivity index (χ0v) is 34.9. The average Bonchev–Trinajstić information content (AvgIpc) is 4.06. The first-order valence-electron chi connectivity index (χ1n) is 22.1. The topological polar surface area (TPSA) is 32.2 Å². The Balaban J connectivity index is 1.20. The van der Waals surface area contributed by atoms with Crippen molar-refractivity contribution in [3.05, 3.63) is 236 Å². The molecule has 3 heteroatoms. The fourth-order valence-corrected chi connectivity index (χ4v) is 10.5. The van der Waals surface area contributed by atoms with Gasteiger partial charge >= 0.3 is 0 Å². The molecular formula is C61H40N2O. The number of H-pyrrole nitrogens is 1. The first-order valence-corrected chi connectivity index (χ1v) is 22.1. The number of nitrogens with one attached hydrogen (secondary N) is 1. The van der Waals surface area contributed by atoms with E-state index in [2.05, 4.69) is 228 Å². The van der Waals surface area contributed by atoms with Crippen LogP contribution in [0.1, 0.15) is 11.1 Å². The van der Waals surface area contributed by atoms with Crippen molar-refractivity contribution in [3.8, 4) is 55.6 Å². The number of nitrogens with zero attached hydrogens (tertiary/aromatic N) is 1. The number of furan rings is 1. The highest BCUT2D eigenvalue weighted by molar-refractivity contribution is 6.16. The highest BCUT2D eigenvalue weighted by Crippen LogP contribution is 2.56. The number of aromatic amines is 1. The molecule has 0 atom stereocenters. The van der Waals surface area contributed by atoms with Crippen LogP contribution in [0.15, 0.2) is 229 Å². The van der Waals surface area contributed by atoms with E-state index in [1.165, 1.54) is 55.4 Å². The van der Waals surface area contributed by atoms with Crippen LogP contribution in [-0.4, -0.2) is 4.98 Å². The zero-order chi connectivity index (χ0) is 42.1. The SMILES string of the molecule is c1ccc(-c2cc3c(c(N(c4ccccc4-c4cccc5c4[nH]c4ccccc45)c4ccccc4-c4cccc5oc6ccccc6c45)c2-c2ccccc2)Cc2ccccc2-3)cc1. The fourth-order valence-electron chi connectivity index (χ4n) is 10.5. The Hall–Kier alpha value is -8.40. The van der Waals surface area contributed by atoms with E-state index in [4.69, 9.17) is 4.42 Å². The monoisotopic (exact) mass is 816 g/mol. The Kier molecular flexibility index (Phi) is 8.28. The van der Waals surface area contributed by atoms with E-state index in [0.29, 0.717) is 0 Å².